The number of nitrogens with zero attached hydrogens (tertiary/aromatic N) is 2. The molecule has 1 aromatic rings. The molecule has 0 heterocycles. The van der Waals surface area contributed by atoms with Crippen molar-refractivity contribution < 1.29 is 32.5 Å². The van der Waals surface area contributed by atoms with Crippen molar-refractivity contribution in [2.75, 3.05) is 18.2 Å². The largest absolute Gasteiger partial charge is 0.468 e. The Morgan fingerprint density at radius 2 is 1.93 bits per heavy atom. The van der Waals surface area contributed by atoms with Crippen LogP contribution in [-0.2, 0) is 15.7 Å². The van der Waals surface area contributed by atoms with Crippen LogP contribution in [0.15, 0.2) is 11.0 Å². The van der Waals surface area contributed by atoms with Gasteiger partial charge in [-0.25, -0.2) is 0 Å². The first-order valence-corrected chi connectivity index (χ1v) is 8.95. The highest BCUT2D eigenvalue weighted by atomic mass is 32.2. The number of hydrogen-bond donors (Lipinski definition) is 1. The quantitative estimate of drug-likeness (QED) is 0.267. The van der Waals surface area contributed by atoms with E-state index in [4.69, 9.17) is 0 Å². The average molecular weight is 425 g/mol. The molecule has 0 amide bonds. The molecule has 1 atom stereocenters. The van der Waals surface area contributed by atoms with Gasteiger partial charge in [0.05, 0.1) is 28.3 Å². The van der Waals surface area contributed by atoms with E-state index < -0.39 is 61.3 Å². The van der Waals surface area contributed by atoms with Crippen LogP contribution in [-0.4, -0.2) is 34.7 Å². The van der Waals surface area contributed by atoms with Crippen LogP contribution in [0.4, 0.5) is 30.2 Å². The molecule has 28 heavy (non-hydrogen) atoms. The van der Waals surface area contributed by atoms with E-state index in [9.17, 15) is 38.2 Å². The van der Waals surface area contributed by atoms with Crippen molar-refractivity contribution in [3.8, 4) is 0 Å². The van der Waals surface area contributed by atoms with Gasteiger partial charge in [0.2, 0.25) is 0 Å². The number of hydrogen-bond acceptors (Lipinski definition) is 8. The normalized spacial score (nSPS) is 12.4. The topological polar surface area (TPSA) is 125 Å². The van der Waals surface area contributed by atoms with Crippen molar-refractivity contribution in [1.82, 2.24) is 0 Å². The summed E-state index contributed by atoms with van der Waals surface area (Å²) in [7, 11) is 1.01. The molecule has 0 aromatic heterocycles. The summed E-state index contributed by atoms with van der Waals surface area (Å²) >= 11 is 0.238. The van der Waals surface area contributed by atoms with Gasteiger partial charge >= 0.3 is 17.8 Å². The molecular weight excluding hydrogens is 407 g/mol. The van der Waals surface area contributed by atoms with Crippen LogP contribution >= 0.6 is 11.8 Å². The molecule has 1 aromatic carbocycles. The van der Waals surface area contributed by atoms with E-state index in [1.54, 1.807) is 6.92 Å². The smallest absolute Gasteiger partial charge is 0.417 e. The minimum atomic E-state index is -5.11. The standard InChI is InChI=1S/C15H18F3N3O6S/c1-4-5-8(2)19-12-10(20(23)24)6-9(15(16,17)18)14(13(12)21(25)26)28-7-11(22)27-3/h6,8,19H,4-5,7H2,1-3H3. The predicted octanol–water partition coefficient (Wildman–Crippen LogP) is 4.39. The molecule has 1 rings (SSSR count). The second-order valence-electron chi connectivity index (χ2n) is 5.71. The SMILES string of the molecule is CCCC(C)Nc1c([N+](=O)[O-])cc(C(F)(F)F)c(SCC(=O)OC)c1[N+](=O)[O-]. The maximum Gasteiger partial charge on any atom is 0.417 e. The minimum Gasteiger partial charge on any atom is -0.468 e. The number of nitro groups is 2. The summed E-state index contributed by atoms with van der Waals surface area (Å²) in [4.78, 5) is 31.1. The van der Waals surface area contributed by atoms with Crippen LogP contribution in [0.5, 0.6) is 0 Å². The van der Waals surface area contributed by atoms with Crippen molar-refractivity contribution in [3.63, 3.8) is 0 Å². The molecule has 156 valence electrons. The number of methoxy groups -OCH3 is 1. The van der Waals surface area contributed by atoms with E-state index in [1.807, 2.05) is 6.92 Å². The number of alkyl halides is 3. The number of benzene rings is 1. The third-order valence-corrected chi connectivity index (χ3v) is 4.67. The van der Waals surface area contributed by atoms with Gasteiger partial charge in [-0.05, 0) is 13.3 Å². The highest BCUT2D eigenvalue weighted by molar-refractivity contribution is 8.00. The van der Waals surface area contributed by atoms with Gasteiger partial charge in [-0.2, -0.15) is 13.2 Å². The van der Waals surface area contributed by atoms with Crippen LogP contribution < -0.4 is 5.32 Å². The van der Waals surface area contributed by atoms with E-state index in [0.717, 1.165) is 7.11 Å². The lowest BCUT2D eigenvalue weighted by Gasteiger charge is -2.18. The van der Waals surface area contributed by atoms with E-state index >= 15 is 0 Å². The van der Waals surface area contributed by atoms with Gasteiger partial charge in [0.25, 0.3) is 5.69 Å². The third-order valence-electron chi connectivity index (χ3n) is 3.59. The van der Waals surface area contributed by atoms with Gasteiger partial charge in [-0.1, -0.05) is 13.3 Å². The summed E-state index contributed by atoms with van der Waals surface area (Å²) in [6.07, 6.45) is -4.00. The Morgan fingerprint density at radius 1 is 1.32 bits per heavy atom. The highest BCUT2D eigenvalue weighted by Gasteiger charge is 2.43. The number of halogens is 3. The minimum absolute atomic E-state index is 0.238. The van der Waals surface area contributed by atoms with Gasteiger partial charge < -0.3 is 10.1 Å². The fourth-order valence-corrected chi connectivity index (χ4v) is 3.42. The lowest BCUT2D eigenvalue weighted by atomic mass is 10.1. The maximum atomic E-state index is 13.5. The Hall–Kier alpha value is -2.57. The van der Waals surface area contributed by atoms with Crippen LogP contribution in [0.25, 0.3) is 0 Å². The Balaban J connectivity index is 3.78. The molecule has 0 bridgehead atoms. The zero-order valence-electron chi connectivity index (χ0n) is 15.2. The maximum absolute atomic E-state index is 13.5. The van der Waals surface area contributed by atoms with Crippen LogP contribution in [0.1, 0.15) is 32.3 Å². The number of nitro benzene ring substituents is 2. The molecule has 1 N–H and O–H groups in total. The number of anilines is 1. The summed E-state index contributed by atoms with van der Waals surface area (Å²) in [5.74, 6) is -1.54. The predicted molar refractivity (Wildman–Crippen MR) is 95.5 cm³/mol. The van der Waals surface area contributed by atoms with Crippen LogP contribution in [0, 0.1) is 20.2 Å². The van der Waals surface area contributed by atoms with Gasteiger partial charge in [0, 0.05) is 12.1 Å². The molecular formula is C15H18F3N3O6S. The highest BCUT2D eigenvalue weighted by Crippen LogP contribution is 2.49. The van der Waals surface area contributed by atoms with Crippen molar-refractivity contribution in [3.05, 3.63) is 31.9 Å². The first-order chi connectivity index (χ1) is 12.9. The molecule has 0 radical (unpaired) electrons. The number of esters is 1. The molecule has 0 spiro atoms. The van der Waals surface area contributed by atoms with Crippen molar-refractivity contribution >= 4 is 34.8 Å². The van der Waals surface area contributed by atoms with Crippen molar-refractivity contribution in [2.24, 2.45) is 0 Å². The fraction of sp³-hybridized carbons (Fsp3) is 0.533. The molecule has 0 saturated carbocycles. The Labute approximate surface area is 161 Å². The zero-order valence-corrected chi connectivity index (χ0v) is 16.0. The van der Waals surface area contributed by atoms with E-state index in [0.29, 0.717) is 12.8 Å². The van der Waals surface area contributed by atoms with E-state index in [-0.39, 0.29) is 17.8 Å². The van der Waals surface area contributed by atoms with Crippen LogP contribution in [0.2, 0.25) is 0 Å². The Morgan fingerprint density at radius 3 is 2.36 bits per heavy atom. The molecule has 0 aliphatic carbocycles. The zero-order chi connectivity index (χ0) is 21.6. The van der Waals surface area contributed by atoms with Crippen molar-refractivity contribution in [1.29, 1.82) is 0 Å². The lowest BCUT2D eigenvalue weighted by molar-refractivity contribution is -0.394. The van der Waals surface area contributed by atoms with Crippen LogP contribution in [0.3, 0.4) is 0 Å². The van der Waals surface area contributed by atoms with Crippen molar-refractivity contribution in [2.45, 2.75) is 43.8 Å². The molecule has 0 fully saturated rings. The average Bonchev–Trinajstić information content (AvgIpc) is 2.57. The summed E-state index contributed by atoms with van der Waals surface area (Å²) in [5.41, 5.74) is -4.35. The number of rotatable bonds is 9. The van der Waals surface area contributed by atoms with Gasteiger partial charge in [0.15, 0.2) is 5.69 Å². The van der Waals surface area contributed by atoms with Gasteiger partial charge in [0.1, 0.15) is 4.90 Å². The molecule has 13 heteroatoms. The second kappa shape index (κ2) is 9.57. The van der Waals surface area contributed by atoms with E-state index in [2.05, 4.69) is 10.1 Å². The first-order valence-electron chi connectivity index (χ1n) is 7.97. The molecule has 0 aliphatic heterocycles. The number of thioether (sulfide) groups is 1. The number of carbonyl (C=O) groups excluding carboxylic acids is 1. The Kier molecular flexibility index (Phi) is 8.02. The van der Waals surface area contributed by atoms with Gasteiger partial charge in [-0.3, -0.25) is 25.0 Å². The second-order valence-corrected chi connectivity index (χ2v) is 6.69. The summed E-state index contributed by atoms with van der Waals surface area (Å²) in [6, 6.07) is -0.231. The summed E-state index contributed by atoms with van der Waals surface area (Å²) in [6.45, 7) is 3.40. The molecule has 1 unspecified atom stereocenters. The number of ether oxygens (including phenoxy) is 1. The summed E-state index contributed by atoms with van der Waals surface area (Å²) < 4.78 is 44.7. The lowest BCUT2D eigenvalue weighted by Crippen LogP contribution is -2.19. The fourth-order valence-electron chi connectivity index (χ4n) is 2.40. The first kappa shape index (κ1) is 23.5. The monoisotopic (exact) mass is 425 g/mol. The van der Waals surface area contributed by atoms with Gasteiger partial charge in [-0.15, -0.1) is 11.8 Å². The Bertz CT molecular complexity index is 772. The molecule has 0 saturated heterocycles. The summed E-state index contributed by atoms with van der Waals surface area (Å²) in [5, 5.41) is 25.5. The van der Waals surface area contributed by atoms with E-state index in [1.165, 1.54) is 0 Å². The number of carbonyl (C=O) groups is 1. The third kappa shape index (κ3) is 5.71. The molecule has 9 nitrogen and oxygen atoms in total. The molecule has 0 aliphatic rings. The number of nitrogens with one attached hydrogen (secondary N) is 1.